The molecule has 0 bridgehead atoms. The normalized spacial score (nSPS) is 9.64. The summed E-state index contributed by atoms with van der Waals surface area (Å²) in [7, 11) is 0. The highest BCUT2D eigenvalue weighted by Crippen LogP contribution is 2.07. The Kier molecular flexibility index (Phi) is 2.59. The van der Waals surface area contributed by atoms with Crippen LogP contribution in [0.5, 0.6) is 0 Å². The number of carbonyl (C=O) groups excluding carboxylic acids is 1. The Balaban J connectivity index is 3.01. The maximum Gasteiger partial charge on any atom is 0.187 e. The van der Waals surface area contributed by atoms with Crippen LogP contribution in [0.2, 0.25) is 0 Å². The fourth-order valence-corrected chi connectivity index (χ4v) is 0.991. The van der Waals surface area contributed by atoms with Crippen LogP contribution in [0, 0.1) is 0 Å². The minimum absolute atomic E-state index is 0.0253. The van der Waals surface area contributed by atoms with Gasteiger partial charge < -0.3 is 0 Å². The fourth-order valence-electron chi connectivity index (χ4n) is 0.635. The van der Waals surface area contributed by atoms with Crippen molar-refractivity contribution in [2.45, 2.75) is 12.1 Å². The molecule has 0 N–H and O–H groups in total. The molecule has 0 amide bonds. The summed E-state index contributed by atoms with van der Waals surface area (Å²) in [6.07, 6.45) is 3.47. The van der Waals surface area contributed by atoms with Crippen molar-refractivity contribution in [2.75, 3.05) is 6.26 Å². The highest BCUT2D eigenvalue weighted by atomic mass is 32.2. The Bertz CT molecular complexity index is 275. The van der Waals surface area contributed by atoms with Gasteiger partial charge in [0.15, 0.2) is 10.9 Å². The number of nitrogens with zero attached hydrogens (tertiary/aromatic N) is 2. The molecule has 0 aliphatic heterocycles. The summed E-state index contributed by atoms with van der Waals surface area (Å²) in [5, 5.41) is 0.637. The first-order valence-electron chi connectivity index (χ1n) is 3.12. The minimum Gasteiger partial charge on any atom is -0.293 e. The Morgan fingerprint density at radius 1 is 1.64 bits per heavy atom. The summed E-state index contributed by atoms with van der Waals surface area (Å²) in [4.78, 5) is 18.7. The molecule has 0 spiro atoms. The van der Waals surface area contributed by atoms with E-state index < -0.39 is 0 Å². The van der Waals surface area contributed by atoms with Gasteiger partial charge in [-0.3, -0.25) is 4.79 Å². The topological polar surface area (TPSA) is 42.9 Å². The number of ketones is 1. The van der Waals surface area contributed by atoms with Crippen LogP contribution in [0.25, 0.3) is 0 Å². The molecule has 1 rings (SSSR count). The van der Waals surface area contributed by atoms with Gasteiger partial charge in [-0.05, 0) is 12.3 Å². The smallest absolute Gasteiger partial charge is 0.187 e. The molecule has 0 fully saturated rings. The van der Waals surface area contributed by atoms with Crippen LogP contribution in [0.3, 0.4) is 0 Å². The van der Waals surface area contributed by atoms with E-state index in [0.29, 0.717) is 10.9 Å². The van der Waals surface area contributed by atoms with Crippen LogP contribution < -0.4 is 0 Å². The van der Waals surface area contributed by atoms with Crippen LogP contribution in [-0.2, 0) is 0 Å². The molecule has 0 unspecified atom stereocenters. The molecule has 3 nitrogen and oxygen atoms in total. The predicted molar refractivity (Wildman–Crippen MR) is 43.8 cm³/mol. The highest BCUT2D eigenvalue weighted by Gasteiger charge is 2.01. The van der Waals surface area contributed by atoms with E-state index >= 15 is 0 Å². The molecule has 0 atom stereocenters. The zero-order chi connectivity index (χ0) is 8.27. The van der Waals surface area contributed by atoms with Crippen molar-refractivity contribution in [1.29, 1.82) is 0 Å². The van der Waals surface area contributed by atoms with Crippen molar-refractivity contribution >= 4 is 17.5 Å². The maximum atomic E-state index is 10.8. The van der Waals surface area contributed by atoms with E-state index in [4.69, 9.17) is 0 Å². The first-order chi connectivity index (χ1) is 5.24. The molecule has 4 heteroatoms. The fraction of sp³-hybridized carbons (Fsp3) is 0.286. The SMILES string of the molecule is CSc1nccc(C(C)=O)n1. The number of thioether (sulfide) groups is 1. The Labute approximate surface area is 69.3 Å². The van der Waals surface area contributed by atoms with Gasteiger partial charge in [0, 0.05) is 13.1 Å². The average Bonchev–Trinajstić information content (AvgIpc) is 2.05. The van der Waals surface area contributed by atoms with Crippen molar-refractivity contribution < 1.29 is 4.79 Å². The predicted octanol–water partition coefficient (Wildman–Crippen LogP) is 1.40. The van der Waals surface area contributed by atoms with Crippen LogP contribution >= 0.6 is 11.8 Å². The van der Waals surface area contributed by atoms with Gasteiger partial charge in [-0.25, -0.2) is 9.97 Å². The minimum atomic E-state index is -0.0253. The number of hydrogen-bond acceptors (Lipinski definition) is 4. The molecule has 0 aromatic carbocycles. The summed E-state index contributed by atoms with van der Waals surface area (Å²) in [6, 6.07) is 1.61. The van der Waals surface area contributed by atoms with Crippen LogP contribution in [-0.4, -0.2) is 22.0 Å². The largest absolute Gasteiger partial charge is 0.293 e. The van der Waals surface area contributed by atoms with Crippen LogP contribution in [0.15, 0.2) is 17.4 Å². The average molecular weight is 168 g/mol. The van der Waals surface area contributed by atoms with E-state index in [9.17, 15) is 4.79 Å². The third-order valence-corrected chi connectivity index (χ3v) is 1.74. The summed E-state index contributed by atoms with van der Waals surface area (Å²) >= 11 is 1.43. The number of Topliss-reactive ketones (excluding diaryl/α,β-unsaturated/α-hetero) is 1. The zero-order valence-electron chi connectivity index (χ0n) is 6.37. The van der Waals surface area contributed by atoms with Gasteiger partial charge in [0.2, 0.25) is 0 Å². The molecular formula is C7H8N2OS. The molecule has 0 aliphatic carbocycles. The van der Waals surface area contributed by atoms with E-state index in [-0.39, 0.29) is 5.78 Å². The Morgan fingerprint density at radius 3 is 2.91 bits per heavy atom. The van der Waals surface area contributed by atoms with Gasteiger partial charge in [-0.1, -0.05) is 11.8 Å². The maximum absolute atomic E-state index is 10.8. The van der Waals surface area contributed by atoms with Crippen molar-refractivity contribution in [2.24, 2.45) is 0 Å². The second-order valence-corrected chi connectivity index (χ2v) is 2.76. The molecule has 1 heterocycles. The molecule has 1 aromatic rings. The van der Waals surface area contributed by atoms with Gasteiger partial charge in [-0.15, -0.1) is 0 Å². The lowest BCUT2D eigenvalue weighted by atomic mass is 10.3. The summed E-state index contributed by atoms with van der Waals surface area (Å²) < 4.78 is 0. The van der Waals surface area contributed by atoms with Gasteiger partial charge in [-0.2, -0.15) is 0 Å². The molecule has 0 saturated heterocycles. The van der Waals surface area contributed by atoms with E-state index in [0.717, 1.165) is 0 Å². The highest BCUT2D eigenvalue weighted by molar-refractivity contribution is 7.98. The van der Waals surface area contributed by atoms with Gasteiger partial charge in [0.1, 0.15) is 5.69 Å². The van der Waals surface area contributed by atoms with Crippen LogP contribution in [0.1, 0.15) is 17.4 Å². The lowest BCUT2D eigenvalue weighted by molar-refractivity contribution is 0.101. The van der Waals surface area contributed by atoms with E-state index in [1.807, 2.05) is 6.26 Å². The lowest BCUT2D eigenvalue weighted by Gasteiger charge is -1.95. The Hall–Kier alpha value is -0.900. The van der Waals surface area contributed by atoms with Crippen molar-refractivity contribution in [3.05, 3.63) is 18.0 Å². The van der Waals surface area contributed by atoms with Crippen molar-refractivity contribution in [3.8, 4) is 0 Å². The standard InChI is InChI=1S/C7H8N2OS/c1-5(10)6-3-4-8-7(9-6)11-2/h3-4H,1-2H3. The van der Waals surface area contributed by atoms with Gasteiger partial charge in [0.25, 0.3) is 0 Å². The third-order valence-electron chi connectivity index (χ3n) is 1.18. The molecule has 11 heavy (non-hydrogen) atoms. The quantitative estimate of drug-likeness (QED) is 0.380. The van der Waals surface area contributed by atoms with E-state index in [1.54, 1.807) is 12.3 Å². The zero-order valence-corrected chi connectivity index (χ0v) is 7.18. The van der Waals surface area contributed by atoms with Crippen molar-refractivity contribution in [3.63, 3.8) is 0 Å². The molecule has 0 aliphatic rings. The molecular weight excluding hydrogens is 160 g/mol. The third kappa shape index (κ3) is 2.01. The summed E-state index contributed by atoms with van der Waals surface area (Å²) in [6.45, 7) is 1.49. The number of hydrogen-bond donors (Lipinski definition) is 0. The molecule has 0 radical (unpaired) electrons. The number of rotatable bonds is 2. The van der Waals surface area contributed by atoms with E-state index in [1.165, 1.54) is 18.7 Å². The van der Waals surface area contributed by atoms with Gasteiger partial charge in [0.05, 0.1) is 0 Å². The Morgan fingerprint density at radius 2 is 2.36 bits per heavy atom. The first-order valence-corrected chi connectivity index (χ1v) is 4.34. The summed E-state index contributed by atoms with van der Waals surface area (Å²) in [5.74, 6) is -0.0253. The second-order valence-electron chi connectivity index (χ2n) is 1.98. The molecule has 0 saturated carbocycles. The van der Waals surface area contributed by atoms with E-state index in [2.05, 4.69) is 9.97 Å². The number of carbonyl (C=O) groups is 1. The lowest BCUT2D eigenvalue weighted by Crippen LogP contribution is -1.98. The van der Waals surface area contributed by atoms with Gasteiger partial charge >= 0.3 is 0 Å². The molecule has 58 valence electrons. The van der Waals surface area contributed by atoms with Crippen LogP contribution in [0.4, 0.5) is 0 Å². The number of aromatic nitrogens is 2. The summed E-state index contributed by atoms with van der Waals surface area (Å²) in [5.41, 5.74) is 0.476. The first kappa shape index (κ1) is 8.20. The molecule has 1 aromatic heterocycles. The van der Waals surface area contributed by atoms with Crippen molar-refractivity contribution in [1.82, 2.24) is 9.97 Å². The monoisotopic (exact) mass is 168 g/mol. The second kappa shape index (κ2) is 3.48.